The quantitative estimate of drug-likeness (QED) is 0.723. The molecule has 6 nitrogen and oxygen atoms in total. The van der Waals surface area contributed by atoms with Crippen LogP contribution < -0.4 is 15.4 Å². The number of para-hydroxylation sites is 1. The lowest BCUT2D eigenvalue weighted by molar-refractivity contribution is 0.0961. The molecule has 0 saturated heterocycles. The maximum Gasteiger partial charge on any atom is 0.259 e. The molecule has 25 heavy (non-hydrogen) atoms. The fraction of sp³-hybridized carbons (Fsp3) is 0.263. The van der Waals surface area contributed by atoms with Crippen LogP contribution in [0.1, 0.15) is 27.6 Å². The summed E-state index contributed by atoms with van der Waals surface area (Å²) >= 11 is 0. The van der Waals surface area contributed by atoms with Crippen LogP contribution in [0.3, 0.4) is 0 Å². The molecule has 0 radical (unpaired) electrons. The van der Waals surface area contributed by atoms with Crippen LogP contribution in [-0.4, -0.2) is 38.7 Å². The molecule has 6 heteroatoms. The van der Waals surface area contributed by atoms with E-state index in [1.54, 1.807) is 55.6 Å². The van der Waals surface area contributed by atoms with Crippen molar-refractivity contribution in [1.82, 2.24) is 5.32 Å². The van der Waals surface area contributed by atoms with Gasteiger partial charge in [-0.3, -0.25) is 9.59 Å². The van der Waals surface area contributed by atoms with Crippen LogP contribution >= 0.6 is 0 Å². The monoisotopic (exact) mass is 342 g/mol. The first kappa shape index (κ1) is 18.5. The van der Waals surface area contributed by atoms with E-state index < -0.39 is 0 Å². The second kappa shape index (κ2) is 9.44. The van der Waals surface area contributed by atoms with Gasteiger partial charge in [0.15, 0.2) is 0 Å². The largest absolute Gasteiger partial charge is 0.490 e. The van der Waals surface area contributed by atoms with E-state index in [0.717, 1.165) is 0 Å². The van der Waals surface area contributed by atoms with Gasteiger partial charge in [0.1, 0.15) is 12.4 Å². The number of carbonyl (C=O) groups is 2. The Hall–Kier alpha value is -2.86. The van der Waals surface area contributed by atoms with Crippen LogP contribution in [0.2, 0.25) is 0 Å². The van der Waals surface area contributed by atoms with Gasteiger partial charge in [-0.25, -0.2) is 0 Å². The maximum atomic E-state index is 12.6. The number of rotatable bonds is 8. The van der Waals surface area contributed by atoms with Gasteiger partial charge in [-0.15, -0.1) is 0 Å². The maximum absolute atomic E-state index is 12.6. The summed E-state index contributed by atoms with van der Waals surface area (Å²) in [6.45, 7) is 3.35. The fourth-order valence-corrected chi connectivity index (χ4v) is 2.22. The molecule has 2 aromatic rings. The molecule has 0 unspecified atom stereocenters. The third-order valence-corrected chi connectivity index (χ3v) is 3.43. The van der Waals surface area contributed by atoms with Gasteiger partial charge in [-0.1, -0.05) is 18.2 Å². The Balaban J connectivity index is 2.09. The van der Waals surface area contributed by atoms with Gasteiger partial charge in [0, 0.05) is 24.9 Å². The molecular formula is C19H22N2O4. The van der Waals surface area contributed by atoms with E-state index >= 15 is 0 Å². The molecule has 2 aromatic carbocycles. The Morgan fingerprint density at radius 1 is 1.00 bits per heavy atom. The normalized spacial score (nSPS) is 10.2. The smallest absolute Gasteiger partial charge is 0.259 e. The van der Waals surface area contributed by atoms with E-state index in [-0.39, 0.29) is 11.8 Å². The minimum atomic E-state index is -0.305. The van der Waals surface area contributed by atoms with Crippen molar-refractivity contribution < 1.29 is 19.1 Å². The Morgan fingerprint density at radius 2 is 1.80 bits per heavy atom. The number of hydrogen-bond acceptors (Lipinski definition) is 4. The third-order valence-electron chi connectivity index (χ3n) is 3.43. The molecule has 0 aromatic heterocycles. The first-order chi connectivity index (χ1) is 12.2. The Bertz CT molecular complexity index is 731. The Morgan fingerprint density at radius 3 is 2.56 bits per heavy atom. The van der Waals surface area contributed by atoms with Gasteiger partial charge in [0.05, 0.1) is 12.2 Å². The molecule has 0 fully saturated rings. The standard InChI is InChI=1S/C19H22N2O4/c1-3-24-11-12-25-17-10-5-4-9-16(17)19(23)21-15-8-6-7-14(13-15)18(22)20-2/h4-10,13H,3,11-12H2,1-2H3,(H,20,22)(H,21,23). The second-order valence-electron chi connectivity index (χ2n) is 5.16. The number of benzene rings is 2. The van der Waals surface area contributed by atoms with Gasteiger partial charge in [-0.05, 0) is 37.3 Å². The van der Waals surface area contributed by atoms with E-state index in [1.807, 2.05) is 6.92 Å². The molecule has 0 saturated carbocycles. The van der Waals surface area contributed by atoms with Crippen molar-refractivity contribution >= 4 is 17.5 Å². The van der Waals surface area contributed by atoms with E-state index in [4.69, 9.17) is 9.47 Å². The van der Waals surface area contributed by atoms with E-state index in [1.165, 1.54) is 0 Å². The van der Waals surface area contributed by atoms with Crippen molar-refractivity contribution in [3.8, 4) is 5.75 Å². The molecule has 0 spiro atoms. The number of nitrogens with one attached hydrogen (secondary N) is 2. The van der Waals surface area contributed by atoms with Gasteiger partial charge < -0.3 is 20.1 Å². The van der Waals surface area contributed by atoms with Crippen LogP contribution in [0.4, 0.5) is 5.69 Å². The molecule has 0 heterocycles. The van der Waals surface area contributed by atoms with Crippen LogP contribution in [0.15, 0.2) is 48.5 Å². The zero-order valence-corrected chi connectivity index (χ0v) is 14.4. The summed E-state index contributed by atoms with van der Waals surface area (Å²) in [5.74, 6) is -0.0287. The summed E-state index contributed by atoms with van der Waals surface area (Å²) in [4.78, 5) is 24.2. The Labute approximate surface area is 147 Å². The van der Waals surface area contributed by atoms with Crippen LogP contribution in [0.5, 0.6) is 5.75 Å². The fourth-order valence-electron chi connectivity index (χ4n) is 2.22. The summed E-state index contributed by atoms with van der Waals surface area (Å²) < 4.78 is 10.9. The number of carbonyl (C=O) groups excluding carboxylic acids is 2. The van der Waals surface area contributed by atoms with Crippen molar-refractivity contribution in [2.75, 3.05) is 32.2 Å². The predicted octanol–water partition coefficient (Wildman–Crippen LogP) is 2.71. The number of amides is 2. The molecule has 2 amide bonds. The molecule has 2 rings (SSSR count). The average Bonchev–Trinajstić information content (AvgIpc) is 2.65. The van der Waals surface area contributed by atoms with Crippen molar-refractivity contribution in [2.45, 2.75) is 6.92 Å². The van der Waals surface area contributed by atoms with Gasteiger partial charge in [0.2, 0.25) is 0 Å². The molecule has 2 N–H and O–H groups in total. The first-order valence-electron chi connectivity index (χ1n) is 8.08. The van der Waals surface area contributed by atoms with E-state index in [0.29, 0.717) is 42.4 Å². The summed E-state index contributed by atoms with van der Waals surface area (Å²) in [7, 11) is 1.56. The zero-order valence-electron chi connectivity index (χ0n) is 14.4. The van der Waals surface area contributed by atoms with Gasteiger partial charge in [0.25, 0.3) is 11.8 Å². The zero-order chi connectivity index (χ0) is 18.1. The predicted molar refractivity (Wildman–Crippen MR) is 96.2 cm³/mol. The lowest BCUT2D eigenvalue weighted by Gasteiger charge is -2.12. The third kappa shape index (κ3) is 5.32. The van der Waals surface area contributed by atoms with Gasteiger partial charge >= 0.3 is 0 Å². The van der Waals surface area contributed by atoms with Crippen LogP contribution in [-0.2, 0) is 4.74 Å². The number of anilines is 1. The lowest BCUT2D eigenvalue weighted by Crippen LogP contribution is -2.18. The van der Waals surface area contributed by atoms with Gasteiger partial charge in [-0.2, -0.15) is 0 Å². The highest BCUT2D eigenvalue weighted by Crippen LogP contribution is 2.20. The molecule has 132 valence electrons. The summed E-state index contributed by atoms with van der Waals surface area (Å²) in [5, 5.41) is 5.34. The highest BCUT2D eigenvalue weighted by Gasteiger charge is 2.13. The molecule has 0 atom stereocenters. The van der Waals surface area contributed by atoms with E-state index in [2.05, 4.69) is 10.6 Å². The van der Waals surface area contributed by atoms with Crippen molar-refractivity contribution in [3.05, 3.63) is 59.7 Å². The Kier molecular flexibility index (Phi) is 6.98. The van der Waals surface area contributed by atoms with Crippen molar-refractivity contribution in [1.29, 1.82) is 0 Å². The summed E-state index contributed by atoms with van der Waals surface area (Å²) in [6, 6.07) is 13.7. The highest BCUT2D eigenvalue weighted by molar-refractivity contribution is 6.06. The number of hydrogen-bond donors (Lipinski definition) is 2. The summed E-state index contributed by atoms with van der Waals surface area (Å²) in [6.07, 6.45) is 0. The van der Waals surface area contributed by atoms with E-state index in [9.17, 15) is 9.59 Å². The summed E-state index contributed by atoms with van der Waals surface area (Å²) in [5.41, 5.74) is 1.43. The molecule has 0 aliphatic rings. The van der Waals surface area contributed by atoms with Crippen molar-refractivity contribution in [2.24, 2.45) is 0 Å². The minimum absolute atomic E-state index is 0.212. The van der Waals surface area contributed by atoms with Crippen LogP contribution in [0.25, 0.3) is 0 Å². The number of ether oxygens (including phenoxy) is 2. The molecule has 0 aliphatic carbocycles. The molecule has 0 aliphatic heterocycles. The lowest BCUT2D eigenvalue weighted by atomic mass is 10.1. The highest BCUT2D eigenvalue weighted by atomic mass is 16.5. The topological polar surface area (TPSA) is 76.7 Å². The first-order valence-corrected chi connectivity index (χ1v) is 8.08. The minimum Gasteiger partial charge on any atom is -0.490 e. The van der Waals surface area contributed by atoms with Crippen molar-refractivity contribution in [3.63, 3.8) is 0 Å². The SMILES string of the molecule is CCOCCOc1ccccc1C(=O)Nc1cccc(C(=O)NC)c1. The van der Waals surface area contributed by atoms with Crippen LogP contribution in [0, 0.1) is 0 Å². The average molecular weight is 342 g/mol. The molecular weight excluding hydrogens is 320 g/mol. The molecule has 0 bridgehead atoms. The second-order valence-corrected chi connectivity index (χ2v) is 5.16.